The van der Waals surface area contributed by atoms with Gasteiger partial charge in [-0.1, -0.05) is 60.9 Å². The molecule has 0 amide bonds. The molecule has 1 aliphatic carbocycles. The van der Waals surface area contributed by atoms with Crippen molar-refractivity contribution in [2.45, 2.75) is 44.9 Å². The Kier molecular flexibility index (Phi) is 7.09. The first-order valence-electron chi connectivity index (χ1n) is 12.4. The lowest BCUT2D eigenvalue weighted by Crippen LogP contribution is -2.44. The van der Waals surface area contributed by atoms with Gasteiger partial charge < -0.3 is 14.7 Å². The van der Waals surface area contributed by atoms with Crippen molar-refractivity contribution in [2.24, 2.45) is 5.92 Å². The van der Waals surface area contributed by atoms with Crippen molar-refractivity contribution in [2.75, 3.05) is 11.4 Å². The highest BCUT2D eigenvalue weighted by Crippen LogP contribution is 2.30. The van der Waals surface area contributed by atoms with E-state index >= 15 is 0 Å². The summed E-state index contributed by atoms with van der Waals surface area (Å²) in [4.78, 5) is 7.08. The van der Waals surface area contributed by atoms with E-state index < -0.39 is 0 Å². The number of nitrogens with zero attached hydrogens (tertiary/aromatic N) is 4. The lowest BCUT2D eigenvalue weighted by atomic mass is 9.57. The maximum absolute atomic E-state index is 10.0. The Labute approximate surface area is 208 Å². The Hall–Kier alpha value is -3.25. The maximum atomic E-state index is 10.0. The molecule has 6 nitrogen and oxygen atoms in total. The van der Waals surface area contributed by atoms with Gasteiger partial charge in [-0.05, 0) is 55.5 Å². The van der Waals surface area contributed by atoms with Gasteiger partial charge in [0, 0.05) is 18.8 Å². The third-order valence-electron chi connectivity index (χ3n) is 6.89. The fourth-order valence-electron chi connectivity index (χ4n) is 4.98. The zero-order valence-electron chi connectivity index (χ0n) is 20.1. The third kappa shape index (κ3) is 5.54. The molecule has 0 atom stereocenters. The second-order valence-corrected chi connectivity index (χ2v) is 9.57. The van der Waals surface area contributed by atoms with E-state index in [9.17, 15) is 5.11 Å². The Morgan fingerprint density at radius 1 is 1.06 bits per heavy atom. The van der Waals surface area contributed by atoms with E-state index in [4.69, 9.17) is 12.6 Å². The molecule has 2 aromatic heterocycles. The molecular weight excluding hydrogens is 434 g/mol. The molecular formula is C27H30B2N4O2. The number of hydrogen-bond acceptors (Lipinski definition) is 5. The molecule has 0 aliphatic heterocycles. The number of aliphatic hydroxyl groups is 1. The van der Waals surface area contributed by atoms with Crippen LogP contribution >= 0.6 is 0 Å². The smallest absolute Gasteiger partial charge is 0.257 e. The van der Waals surface area contributed by atoms with Crippen LogP contribution in [0.3, 0.4) is 0 Å². The maximum Gasteiger partial charge on any atom is 0.257 e. The molecule has 1 saturated carbocycles. The average Bonchev–Trinajstić information content (AvgIpc) is 3.25. The number of aliphatic hydroxyl groups excluding tert-OH is 1. The van der Waals surface area contributed by atoms with Crippen LogP contribution < -0.4 is 15.0 Å². The topological polar surface area (TPSA) is 62.9 Å². The minimum Gasteiger partial charge on any atom is -0.439 e. The van der Waals surface area contributed by atoms with Crippen molar-refractivity contribution in [3.8, 4) is 11.6 Å². The Morgan fingerprint density at radius 2 is 1.74 bits per heavy atom. The monoisotopic (exact) mass is 464 g/mol. The molecule has 2 radical (unpaired) electrons. The molecule has 35 heavy (non-hydrogen) atoms. The second kappa shape index (κ2) is 10.6. The first kappa shape index (κ1) is 23.5. The van der Waals surface area contributed by atoms with Crippen molar-refractivity contribution < 1.29 is 9.84 Å². The Morgan fingerprint density at radius 3 is 2.46 bits per heavy atom. The van der Waals surface area contributed by atoms with Gasteiger partial charge in [-0.2, -0.15) is 10.1 Å². The highest BCUT2D eigenvalue weighted by Gasteiger charge is 2.28. The van der Waals surface area contributed by atoms with Crippen molar-refractivity contribution in [1.29, 1.82) is 0 Å². The van der Waals surface area contributed by atoms with Crippen LogP contribution in [0.4, 0.5) is 5.82 Å². The van der Waals surface area contributed by atoms with Crippen LogP contribution in [0.25, 0.3) is 5.65 Å². The predicted molar refractivity (Wildman–Crippen MR) is 142 cm³/mol. The second-order valence-electron chi connectivity index (χ2n) is 9.57. The van der Waals surface area contributed by atoms with Gasteiger partial charge in [-0.15, -0.1) is 0 Å². The number of anilines is 1. The van der Waals surface area contributed by atoms with Crippen LogP contribution in [0.5, 0.6) is 11.6 Å². The van der Waals surface area contributed by atoms with E-state index in [1.54, 1.807) is 6.20 Å². The van der Waals surface area contributed by atoms with Gasteiger partial charge in [0.15, 0.2) is 5.65 Å². The number of fused-ring (bicyclic) bond motifs is 1. The summed E-state index contributed by atoms with van der Waals surface area (Å²) in [7, 11) is 6.26. The first-order valence-corrected chi connectivity index (χ1v) is 12.4. The summed E-state index contributed by atoms with van der Waals surface area (Å²) >= 11 is 0. The number of benzene rings is 2. The molecule has 0 unspecified atom stereocenters. The quantitative estimate of drug-likeness (QED) is 0.399. The molecule has 2 heterocycles. The Balaban J connectivity index is 1.53. The molecule has 1 aliphatic rings. The van der Waals surface area contributed by atoms with Crippen LogP contribution in [0.1, 0.15) is 31.2 Å². The van der Waals surface area contributed by atoms with Crippen molar-refractivity contribution in [3.05, 3.63) is 78.5 Å². The van der Waals surface area contributed by atoms with Crippen molar-refractivity contribution in [1.82, 2.24) is 14.6 Å². The van der Waals surface area contributed by atoms with Crippen LogP contribution in [-0.4, -0.2) is 47.0 Å². The van der Waals surface area contributed by atoms with E-state index in [0.717, 1.165) is 50.1 Å². The van der Waals surface area contributed by atoms with Crippen LogP contribution in [-0.2, 0) is 6.32 Å². The molecule has 4 aromatic rings. The lowest BCUT2D eigenvalue weighted by molar-refractivity contribution is 0.110. The number of ether oxygens (including phenoxy) is 1. The summed E-state index contributed by atoms with van der Waals surface area (Å²) in [6.07, 6.45) is 6.10. The molecule has 1 N–H and O–H groups in total. The van der Waals surface area contributed by atoms with Crippen molar-refractivity contribution in [3.63, 3.8) is 0 Å². The first-order chi connectivity index (χ1) is 17.1. The number of hydrogen-bond donors (Lipinski definition) is 1. The highest BCUT2D eigenvalue weighted by atomic mass is 16.5. The highest BCUT2D eigenvalue weighted by molar-refractivity contribution is 6.61. The van der Waals surface area contributed by atoms with Gasteiger partial charge in [0.2, 0.25) is 5.88 Å². The minimum atomic E-state index is -0.175. The summed E-state index contributed by atoms with van der Waals surface area (Å²) in [5, 5.41) is 14.6. The van der Waals surface area contributed by atoms with Crippen LogP contribution in [0, 0.1) is 5.92 Å². The molecule has 0 spiro atoms. The van der Waals surface area contributed by atoms with Gasteiger partial charge in [-0.25, -0.2) is 4.52 Å². The third-order valence-corrected chi connectivity index (χ3v) is 6.89. The summed E-state index contributed by atoms with van der Waals surface area (Å²) in [5.41, 5.74) is 2.39. The van der Waals surface area contributed by atoms with Crippen molar-refractivity contribution >= 4 is 31.6 Å². The Bertz CT molecular complexity index is 1240. The SMILES string of the molecule is [B]c1cnn2c(N(CC3CCC(O)CC3)B(C)Cc3ccccc3)cc(Oc3ccccc3)nc12. The van der Waals surface area contributed by atoms with Gasteiger partial charge in [-0.3, -0.25) is 0 Å². The summed E-state index contributed by atoms with van der Waals surface area (Å²) in [6.45, 7) is 3.32. The molecule has 2 aromatic carbocycles. The molecule has 0 bridgehead atoms. The zero-order valence-corrected chi connectivity index (χ0v) is 20.1. The van der Waals surface area contributed by atoms with Gasteiger partial charge >= 0.3 is 0 Å². The van der Waals surface area contributed by atoms with E-state index in [-0.39, 0.29) is 13.0 Å². The molecule has 176 valence electrons. The van der Waals surface area contributed by atoms with Gasteiger partial charge in [0.25, 0.3) is 6.85 Å². The predicted octanol–water partition coefficient (Wildman–Crippen LogP) is 4.08. The fourth-order valence-corrected chi connectivity index (χ4v) is 4.98. The molecule has 5 rings (SSSR count). The largest absolute Gasteiger partial charge is 0.439 e. The molecule has 8 heteroatoms. The summed E-state index contributed by atoms with van der Waals surface area (Å²) in [5.74, 6) is 2.61. The normalized spacial score (nSPS) is 17.9. The number of para-hydroxylation sites is 1. The van der Waals surface area contributed by atoms with Crippen LogP contribution in [0.15, 0.2) is 72.9 Å². The standard InChI is InChI=1S/C27H30B2N4O2/c1-29(17-20-8-4-2-5-9-20)32(19-21-12-14-22(34)15-13-21)26-16-25(35-23-10-6-3-7-11-23)31-27-24(28)18-30-33(26)27/h2-11,16,18,21-22,34H,12-15,17,19H2,1H3. The number of rotatable bonds is 8. The fraction of sp³-hybridized carbons (Fsp3) is 0.333. The molecule has 1 fully saturated rings. The average molecular weight is 464 g/mol. The molecule has 0 saturated heterocycles. The summed E-state index contributed by atoms with van der Waals surface area (Å²) < 4.78 is 7.96. The van der Waals surface area contributed by atoms with Gasteiger partial charge in [0.05, 0.1) is 6.10 Å². The van der Waals surface area contributed by atoms with E-state index in [1.165, 1.54) is 5.56 Å². The van der Waals surface area contributed by atoms with Gasteiger partial charge in [0.1, 0.15) is 19.4 Å². The number of aromatic nitrogens is 3. The zero-order chi connectivity index (χ0) is 24.2. The van der Waals surface area contributed by atoms with E-state index in [0.29, 0.717) is 22.9 Å². The summed E-state index contributed by atoms with van der Waals surface area (Å²) in [6, 6.07) is 22.2. The van der Waals surface area contributed by atoms with E-state index in [2.05, 4.69) is 46.0 Å². The lowest BCUT2D eigenvalue weighted by Gasteiger charge is -2.35. The minimum absolute atomic E-state index is 0.175. The van der Waals surface area contributed by atoms with E-state index in [1.807, 2.05) is 47.0 Å². The van der Waals surface area contributed by atoms with Crippen LogP contribution in [0.2, 0.25) is 6.82 Å².